The van der Waals surface area contributed by atoms with Gasteiger partial charge in [0.15, 0.2) is 0 Å². The van der Waals surface area contributed by atoms with E-state index >= 15 is 0 Å². The first-order valence-electron chi connectivity index (χ1n) is 20.5. The number of esters is 2. The lowest BCUT2D eigenvalue weighted by Crippen LogP contribution is -2.53. The molecule has 2 amide bonds. The van der Waals surface area contributed by atoms with Crippen LogP contribution in [0.25, 0.3) is 0 Å². The van der Waals surface area contributed by atoms with Crippen molar-refractivity contribution in [1.82, 2.24) is 15.1 Å². The van der Waals surface area contributed by atoms with Gasteiger partial charge in [0.1, 0.15) is 28.6 Å². The molecule has 312 valence electrons. The average Bonchev–Trinajstić information content (AvgIpc) is 3.13. The van der Waals surface area contributed by atoms with E-state index in [1.165, 1.54) is 0 Å². The largest absolute Gasteiger partial charge is 0.488 e. The van der Waals surface area contributed by atoms with Gasteiger partial charge in [-0.05, 0) is 110 Å². The molecule has 4 aromatic rings. The molecule has 0 saturated carbocycles. The van der Waals surface area contributed by atoms with Crippen LogP contribution in [0.15, 0.2) is 115 Å². The summed E-state index contributed by atoms with van der Waals surface area (Å²) in [7, 11) is 0. The van der Waals surface area contributed by atoms with E-state index in [9.17, 15) is 14.4 Å². The minimum absolute atomic E-state index is 0.0789. The second-order valence-electron chi connectivity index (χ2n) is 18.0. The summed E-state index contributed by atoms with van der Waals surface area (Å²) in [4.78, 5) is 46.5. The minimum Gasteiger partial charge on any atom is -0.488 e. The predicted molar refractivity (Wildman–Crippen MR) is 231 cm³/mol. The molecule has 0 aliphatic carbocycles. The maximum atomic E-state index is 14.6. The van der Waals surface area contributed by atoms with Crippen LogP contribution in [0.5, 0.6) is 5.75 Å². The number of ether oxygens (including phenoxy) is 3. The topological polar surface area (TPSA) is 97.4 Å². The van der Waals surface area contributed by atoms with Crippen molar-refractivity contribution in [1.29, 1.82) is 0 Å². The van der Waals surface area contributed by atoms with Crippen LogP contribution in [0.3, 0.4) is 0 Å². The molecule has 0 aliphatic heterocycles. The van der Waals surface area contributed by atoms with Crippen LogP contribution in [0.1, 0.15) is 91.0 Å². The number of carbonyl (C=O) groups excluding carboxylic acids is 3. The summed E-state index contributed by atoms with van der Waals surface area (Å²) in [6, 6.07) is 36.5. The smallest absolute Gasteiger partial charge is 0.329 e. The van der Waals surface area contributed by atoms with E-state index in [1.54, 1.807) is 25.7 Å². The Balaban J connectivity index is 1.66. The van der Waals surface area contributed by atoms with Gasteiger partial charge in [0.2, 0.25) is 0 Å². The Morgan fingerprint density at radius 1 is 0.569 bits per heavy atom. The number of rotatable bonds is 18. The highest BCUT2D eigenvalue weighted by atomic mass is 16.6. The summed E-state index contributed by atoms with van der Waals surface area (Å²) < 4.78 is 17.9. The second kappa shape index (κ2) is 21.0. The Morgan fingerprint density at radius 2 is 1.05 bits per heavy atom. The van der Waals surface area contributed by atoms with Crippen LogP contribution >= 0.6 is 0 Å². The van der Waals surface area contributed by atoms with E-state index in [2.05, 4.69) is 46.6 Å². The van der Waals surface area contributed by atoms with Gasteiger partial charge in [-0.3, -0.25) is 9.69 Å². The molecule has 2 atom stereocenters. The summed E-state index contributed by atoms with van der Waals surface area (Å²) in [5.74, 6) is -0.925. The van der Waals surface area contributed by atoms with Crippen molar-refractivity contribution < 1.29 is 28.6 Å². The highest BCUT2D eigenvalue weighted by molar-refractivity contribution is 5.84. The van der Waals surface area contributed by atoms with E-state index in [-0.39, 0.29) is 24.5 Å². The first-order valence-corrected chi connectivity index (χ1v) is 20.5. The zero-order valence-corrected chi connectivity index (χ0v) is 36.1. The molecule has 9 nitrogen and oxygen atoms in total. The maximum Gasteiger partial charge on any atom is 0.329 e. The van der Waals surface area contributed by atoms with Crippen molar-refractivity contribution in [2.24, 2.45) is 5.92 Å². The zero-order valence-electron chi connectivity index (χ0n) is 36.1. The van der Waals surface area contributed by atoms with E-state index in [0.29, 0.717) is 38.3 Å². The van der Waals surface area contributed by atoms with Gasteiger partial charge < -0.3 is 24.4 Å². The van der Waals surface area contributed by atoms with Gasteiger partial charge in [-0.25, -0.2) is 9.59 Å². The summed E-state index contributed by atoms with van der Waals surface area (Å²) in [6.07, 6.45) is 1.57. The molecule has 0 saturated heterocycles. The third-order valence-corrected chi connectivity index (χ3v) is 8.96. The molecule has 0 aliphatic rings. The van der Waals surface area contributed by atoms with Crippen molar-refractivity contribution in [2.75, 3.05) is 19.6 Å². The normalized spacial score (nSPS) is 13.0. The Bertz CT molecular complexity index is 1810. The molecular formula is C49H65N3O6. The zero-order chi connectivity index (χ0) is 42.3. The quantitative estimate of drug-likeness (QED) is 0.100. The molecule has 0 unspecified atom stereocenters. The lowest BCUT2D eigenvalue weighted by molar-refractivity contribution is -0.161. The number of aryl methyl sites for hydroxylation is 1. The third-order valence-electron chi connectivity index (χ3n) is 8.96. The molecule has 0 fully saturated rings. The standard InChI is InChI=1S/C49H65N3O6/c1-47(2,3)56-42-29-27-38(28-30-42)32-43(45(54)58-49(7,8)9)50-46(55)52(31-19-26-37-20-13-10-14-21-37)36-41(44(53)57-48(4,5)6)35-51(33-39-22-15-11-16-23-39)34-40-24-17-12-18-25-40/h10-18,20-25,27-30,41,43H,19,26,31-36H2,1-9H3,(H,50,55)/t41-,43+/m1/s1. The molecule has 0 aromatic heterocycles. The number of carbonyl (C=O) groups is 3. The van der Waals surface area contributed by atoms with Crippen molar-refractivity contribution in [3.63, 3.8) is 0 Å². The van der Waals surface area contributed by atoms with Crippen LogP contribution < -0.4 is 10.1 Å². The fourth-order valence-corrected chi connectivity index (χ4v) is 6.52. The van der Waals surface area contributed by atoms with E-state index < -0.39 is 35.2 Å². The van der Waals surface area contributed by atoms with Crippen LogP contribution in [0, 0.1) is 5.92 Å². The second-order valence-corrected chi connectivity index (χ2v) is 18.0. The Hall–Kier alpha value is -5.15. The molecule has 4 rings (SSSR count). The van der Waals surface area contributed by atoms with Crippen LogP contribution in [-0.4, -0.2) is 70.2 Å². The lowest BCUT2D eigenvalue weighted by Gasteiger charge is -2.33. The third kappa shape index (κ3) is 17.1. The number of benzene rings is 4. The number of amides is 2. The molecule has 0 heterocycles. The van der Waals surface area contributed by atoms with E-state index in [1.807, 2.05) is 120 Å². The molecule has 0 radical (unpaired) electrons. The minimum atomic E-state index is -0.995. The number of urea groups is 1. The number of hydrogen-bond acceptors (Lipinski definition) is 7. The number of hydrogen-bond donors (Lipinski definition) is 1. The Labute approximate surface area is 347 Å². The molecule has 1 N–H and O–H groups in total. The highest BCUT2D eigenvalue weighted by Gasteiger charge is 2.33. The van der Waals surface area contributed by atoms with Gasteiger partial charge in [0, 0.05) is 39.1 Å². The van der Waals surface area contributed by atoms with Gasteiger partial charge in [-0.1, -0.05) is 103 Å². The van der Waals surface area contributed by atoms with Gasteiger partial charge >= 0.3 is 18.0 Å². The van der Waals surface area contributed by atoms with Gasteiger partial charge in [-0.15, -0.1) is 0 Å². The molecule has 4 aromatic carbocycles. The Morgan fingerprint density at radius 3 is 1.53 bits per heavy atom. The molecular weight excluding hydrogens is 727 g/mol. The highest BCUT2D eigenvalue weighted by Crippen LogP contribution is 2.22. The molecule has 0 bridgehead atoms. The van der Waals surface area contributed by atoms with Crippen LogP contribution in [0.4, 0.5) is 4.79 Å². The lowest BCUT2D eigenvalue weighted by atomic mass is 10.0. The summed E-state index contributed by atoms with van der Waals surface area (Å²) in [5, 5.41) is 3.03. The molecule has 9 heteroatoms. The Kier molecular flexibility index (Phi) is 16.5. The van der Waals surface area contributed by atoms with Crippen LogP contribution in [0.2, 0.25) is 0 Å². The van der Waals surface area contributed by atoms with Crippen molar-refractivity contribution in [3.8, 4) is 5.75 Å². The first-order chi connectivity index (χ1) is 27.3. The summed E-state index contributed by atoms with van der Waals surface area (Å²) in [5.41, 5.74) is 2.31. The number of nitrogens with zero attached hydrogens (tertiary/aromatic N) is 2. The van der Waals surface area contributed by atoms with Crippen molar-refractivity contribution in [3.05, 3.63) is 138 Å². The van der Waals surface area contributed by atoms with E-state index in [0.717, 1.165) is 28.7 Å². The maximum absolute atomic E-state index is 14.6. The van der Waals surface area contributed by atoms with Gasteiger partial charge in [0.25, 0.3) is 0 Å². The van der Waals surface area contributed by atoms with E-state index in [4.69, 9.17) is 14.2 Å². The molecule has 0 spiro atoms. The van der Waals surface area contributed by atoms with Crippen molar-refractivity contribution >= 4 is 18.0 Å². The van der Waals surface area contributed by atoms with Crippen LogP contribution in [-0.2, 0) is 45.0 Å². The predicted octanol–water partition coefficient (Wildman–Crippen LogP) is 9.42. The van der Waals surface area contributed by atoms with Crippen molar-refractivity contribution in [2.45, 2.75) is 118 Å². The fraction of sp³-hybridized carbons (Fsp3) is 0.449. The van der Waals surface area contributed by atoms with Gasteiger partial charge in [0.05, 0.1) is 5.92 Å². The number of nitrogens with one attached hydrogen (secondary N) is 1. The molecule has 58 heavy (non-hydrogen) atoms. The SMILES string of the molecule is CC(C)(C)OC(=O)[C@H](CN(Cc1ccccc1)Cc1ccccc1)CN(CCCc1ccccc1)C(=O)N[C@@H](Cc1ccc(OC(C)(C)C)cc1)C(=O)OC(C)(C)C. The first kappa shape index (κ1) is 45.6. The fourth-order valence-electron chi connectivity index (χ4n) is 6.52. The monoisotopic (exact) mass is 791 g/mol. The average molecular weight is 792 g/mol. The summed E-state index contributed by atoms with van der Waals surface area (Å²) >= 11 is 0. The summed E-state index contributed by atoms with van der Waals surface area (Å²) in [6.45, 7) is 18.9. The van der Waals surface area contributed by atoms with Gasteiger partial charge in [-0.2, -0.15) is 0 Å².